The zero-order chi connectivity index (χ0) is 14.0. The predicted molar refractivity (Wildman–Crippen MR) is 84.5 cm³/mol. The molecular formula is C17H35LiO2. The third kappa shape index (κ3) is 20.6. The Hall–Kier alpha value is 0.257. The van der Waals surface area contributed by atoms with Gasteiger partial charge in [-0.3, -0.25) is 0 Å². The zero-order valence-electron chi connectivity index (χ0n) is 15.2. The van der Waals surface area contributed by atoms with E-state index in [2.05, 4.69) is 26.0 Å². The van der Waals surface area contributed by atoms with Crippen molar-refractivity contribution in [2.75, 3.05) is 20.0 Å². The molecule has 0 radical (unpaired) electrons. The molecule has 0 aliphatic rings. The smallest absolute Gasteiger partial charge is 1.00 e. The Bertz CT molecular complexity index is 190. The molecule has 0 amide bonds. The number of hydrogen-bond donors (Lipinski definition) is 0. The molecule has 0 aliphatic carbocycles. The van der Waals surface area contributed by atoms with Crippen molar-refractivity contribution in [2.24, 2.45) is 0 Å². The van der Waals surface area contributed by atoms with Crippen LogP contribution in [0.5, 0.6) is 0 Å². The molecule has 116 valence electrons. The van der Waals surface area contributed by atoms with Gasteiger partial charge in [0.25, 0.3) is 0 Å². The summed E-state index contributed by atoms with van der Waals surface area (Å²) in [4.78, 5) is 0. The second kappa shape index (κ2) is 21.6. The normalized spacial score (nSPS) is 10.9. The monoisotopic (exact) mass is 278 g/mol. The summed E-state index contributed by atoms with van der Waals surface area (Å²) < 4.78 is 10.8. The van der Waals surface area contributed by atoms with E-state index >= 15 is 0 Å². The first-order chi connectivity index (χ1) is 9.41. The van der Waals surface area contributed by atoms with Crippen LogP contribution in [0.1, 0.15) is 79.5 Å². The SMILES string of the molecule is CC/C=C\CCOCOCCCCCCCCCC.[H-].[Li+]. The largest absolute Gasteiger partial charge is 1.00 e. The van der Waals surface area contributed by atoms with Crippen LogP contribution >= 0.6 is 0 Å². The predicted octanol–water partition coefficient (Wildman–Crippen LogP) is 2.59. The molecule has 0 rings (SSSR count). The summed E-state index contributed by atoms with van der Waals surface area (Å²) >= 11 is 0. The summed E-state index contributed by atoms with van der Waals surface area (Å²) in [6.07, 6.45) is 17.2. The fourth-order valence-corrected chi connectivity index (χ4v) is 1.95. The molecule has 0 aromatic carbocycles. The van der Waals surface area contributed by atoms with Crippen LogP contribution in [-0.2, 0) is 9.47 Å². The van der Waals surface area contributed by atoms with Gasteiger partial charge in [-0.1, -0.05) is 70.9 Å². The number of ether oxygens (including phenoxy) is 2. The molecule has 0 aromatic heterocycles. The molecule has 0 spiro atoms. The molecule has 0 heterocycles. The van der Waals surface area contributed by atoms with Crippen molar-refractivity contribution < 1.29 is 29.8 Å². The minimum absolute atomic E-state index is 0. The maximum Gasteiger partial charge on any atom is 1.00 e. The summed E-state index contributed by atoms with van der Waals surface area (Å²) in [5.41, 5.74) is 0. The molecule has 0 N–H and O–H groups in total. The van der Waals surface area contributed by atoms with Gasteiger partial charge in [-0.2, -0.15) is 0 Å². The first-order valence-electron chi connectivity index (χ1n) is 8.22. The van der Waals surface area contributed by atoms with Gasteiger partial charge >= 0.3 is 18.9 Å². The molecule has 20 heavy (non-hydrogen) atoms. The van der Waals surface area contributed by atoms with E-state index in [1.54, 1.807) is 0 Å². The minimum Gasteiger partial charge on any atom is -1.00 e. The van der Waals surface area contributed by atoms with Crippen molar-refractivity contribution in [2.45, 2.75) is 78.1 Å². The average Bonchev–Trinajstić information content (AvgIpc) is 2.43. The summed E-state index contributed by atoms with van der Waals surface area (Å²) in [7, 11) is 0. The summed E-state index contributed by atoms with van der Waals surface area (Å²) in [5.74, 6) is 0. The van der Waals surface area contributed by atoms with E-state index in [-0.39, 0.29) is 20.3 Å². The fraction of sp³-hybridized carbons (Fsp3) is 0.882. The van der Waals surface area contributed by atoms with Gasteiger partial charge in [0.15, 0.2) is 0 Å². The molecule has 0 bridgehead atoms. The molecule has 0 aliphatic heterocycles. The number of allylic oxidation sites excluding steroid dienone is 1. The van der Waals surface area contributed by atoms with E-state index in [4.69, 9.17) is 9.47 Å². The van der Waals surface area contributed by atoms with Gasteiger partial charge in [-0.05, 0) is 19.3 Å². The summed E-state index contributed by atoms with van der Waals surface area (Å²) in [6, 6.07) is 0. The van der Waals surface area contributed by atoms with Crippen molar-refractivity contribution in [3.05, 3.63) is 12.2 Å². The molecule has 0 unspecified atom stereocenters. The number of hydrogen-bond acceptors (Lipinski definition) is 2. The first-order valence-corrected chi connectivity index (χ1v) is 8.22. The molecule has 0 fully saturated rings. The first kappa shape index (κ1) is 22.5. The van der Waals surface area contributed by atoms with Crippen LogP contribution in [0.3, 0.4) is 0 Å². The zero-order valence-corrected chi connectivity index (χ0v) is 14.2. The Labute approximate surface area is 140 Å². The Morgan fingerprint density at radius 1 is 0.750 bits per heavy atom. The third-order valence-electron chi connectivity index (χ3n) is 3.14. The molecule has 0 saturated carbocycles. The standard InChI is InChI=1S/C17H34O2.Li.H/c1-3-5-7-9-10-11-12-14-16-19-17-18-15-13-8-6-4-2;;/h6,8H,3-5,7,9-17H2,1-2H3;;/q;+1;-1/b8-6-;;. The van der Waals surface area contributed by atoms with Crippen LogP contribution in [0.2, 0.25) is 0 Å². The van der Waals surface area contributed by atoms with Gasteiger partial charge in [0, 0.05) is 6.61 Å². The Kier molecular flexibility index (Phi) is 24.3. The molecular weight excluding hydrogens is 243 g/mol. The summed E-state index contributed by atoms with van der Waals surface area (Å²) in [6.45, 7) is 6.48. The van der Waals surface area contributed by atoms with Crippen LogP contribution in [0.25, 0.3) is 0 Å². The van der Waals surface area contributed by atoms with Crippen molar-refractivity contribution in [1.29, 1.82) is 0 Å². The van der Waals surface area contributed by atoms with Crippen LogP contribution in [-0.4, -0.2) is 20.0 Å². The second-order valence-corrected chi connectivity index (χ2v) is 5.08. The van der Waals surface area contributed by atoms with E-state index in [9.17, 15) is 0 Å². The Balaban J connectivity index is -0.00000162. The van der Waals surface area contributed by atoms with Gasteiger partial charge in [-0.25, -0.2) is 0 Å². The fourth-order valence-electron chi connectivity index (χ4n) is 1.95. The molecule has 0 atom stereocenters. The van der Waals surface area contributed by atoms with Crippen molar-refractivity contribution in [1.82, 2.24) is 0 Å². The molecule has 2 nitrogen and oxygen atoms in total. The van der Waals surface area contributed by atoms with Gasteiger partial charge in [-0.15, -0.1) is 0 Å². The van der Waals surface area contributed by atoms with Crippen LogP contribution in [0, 0.1) is 0 Å². The van der Waals surface area contributed by atoms with E-state index in [0.717, 1.165) is 26.1 Å². The summed E-state index contributed by atoms with van der Waals surface area (Å²) in [5, 5.41) is 0. The second-order valence-electron chi connectivity index (χ2n) is 5.08. The van der Waals surface area contributed by atoms with E-state index in [0.29, 0.717) is 6.79 Å². The van der Waals surface area contributed by atoms with Crippen LogP contribution in [0.4, 0.5) is 0 Å². The van der Waals surface area contributed by atoms with E-state index in [1.165, 1.54) is 51.4 Å². The maximum atomic E-state index is 5.44. The Morgan fingerprint density at radius 2 is 1.35 bits per heavy atom. The van der Waals surface area contributed by atoms with Crippen LogP contribution in [0.15, 0.2) is 12.2 Å². The third-order valence-corrected chi connectivity index (χ3v) is 3.14. The maximum absolute atomic E-state index is 5.44. The average molecular weight is 278 g/mol. The number of unbranched alkanes of at least 4 members (excludes halogenated alkanes) is 7. The van der Waals surface area contributed by atoms with E-state index < -0.39 is 0 Å². The number of rotatable bonds is 15. The quantitative estimate of drug-likeness (QED) is 0.198. The molecule has 3 heteroatoms. The van der Waals surface area contributed by atoms with Gasteiger partial charge in [0.1, 0.15) is 6.79 Å². The van der Waals surface area contributed by atoms with Crippen molar-refractivity contribution in [3.63, 3.8) is 0 Å². The van der Waals surface area contributed by atoms with Crippen molar-refractivity contribution >= 4 is 0 Å². The Morgan fingerprint density at radius 3 is 2.00 bits per heavy atom. The van der Waals surface area contributed by atoms with Gasteiger partial charge in [0.2, 0.25) is 0 Å². The van der Waals surface area contributed by atoms with Gasteiger partial charge < -0.3 is 10.9 Å². The minimum atomic E-state index is 0. The van der Waals surface area contributed by atoms with Crippen LogP contribution < -0.4 is 18.9 Å². The molecule has 0 aromatic rings. The topological polar surface area (TPSA) is 18.5 Å². The molecule has 0 saturated heterocycles. The van der Waals surface area contributed by atoms with Gasteiger partial charge in [0.05, 0.1) is 6.61 Å². The van der Waals surface area contributed by atoms with Crippen molar-refractivity contribution in [3.8, 4) is 0 Å². The van der Waals surface area contributed by atoms with E-state index in [1.807, 2.05) is 0 Å².